The molecule has 0 spiro atoms. The lowest BCUT2D eigenvalue weighted by Gasteiger charge is -2.36. The SMILES string of the molecule is O=C(O)c1ccccc1N1CCN(C(=O)c2ccc(Nc3ncc4c(n3)-c3ccc(Cl)cc3C(c3ccccc3F)=NC4)cc2)CC1. The van der Waals surface area contributed by atoms with Crippen molar-refractivity contribution in [2.75, 3.05) is 36.4 Å². The molecule has 2 aliphatic rings. The topological polar surface area (TPSA) is 111 Å². The van der Waals surface area contributed by atoms with Crippen molar-refractivity contribution >= 4 is 46.5 Å². The number of nitrogens with zero attached hydrogens (tertiary/aromatic N) is 5. The summed E-state index contributed by atoms with van der Waals surface area (Å²) in [6, 6.07) is 26.0. The van der Waals surface area contributed by atoms with E-state index in [1.165, 1.54) is 6.07 Å². The molecule has 2 N–H and O–H groups in total. The van der Waals surface area contributed by atoms with Gasteiger partial charge in [0.15, 0.2) is 0 Å². The predicted molar refractivity (Wildman–Crippen MR) is 179 cm³/mol. The number of piperazine rings is 1. The van der Waals surface area contributed by atoms with Gasteiger partial charge in [-0.3, -0.25) is 9.79 Å². The Morgan fingerprint density at radius 3 is 2.36 bits per heavy atom. The highest BCUT2D eigenvalue weighted by Crippen LogP contribution is 2.34. The fraction of sp³-hybridized carbons (Fsp3) is 0.139. The van der Waals surface area contributed by atoms with E-state index in [1.54, 1.807) is 83.9 Å². The van der Waals surface area contributed by atoms with Gasteiger partial charge >= 0.3 is 5.97 Å². The number of carbonyl (C=O) groups is 2. The van der Waals surface area contributed by atoms with Gasteiger partial charge in [-0.05, 0) is 60.7 Å². The first-order valence-corrected chi connectivity index (χ1v) is 15.4. The Bertz CT molecular complexity index is 2040. The molecule has 1 saturated heterocycles. The first-order chi connectivity index (χ1) is 22.9. The van der Waals surface area contributed by atoms with Crippen molar-refractivity contribution < 1.29 is 19.1 Å². The number of rotatable bonds is 6. The molecule has 7 rings (SSSR count). The maximum atomic E-state index is 14.8. The third-order valence-electron chi connectivity index (χ3n) is 8.32. The van der Waals surface area contributed by atoms with E-state index in [2.05, 4.69) is 10.3 Å². The highest BCUT2D eigenvalue weighted by atomic mass is 35.5. The lowest BCUT2D eigenvalue weighted by molar-refractivity contribution is 0.0693. The van der Waals surface area contributed by atoms with Gasteiger partial charge in [0.25, 0.3) is 5.91 Å². The molecule has 11 heteroatoms. The molecule has 1 aromatic heterocycles. The van der Waals surface area contributed by atoms with Crippen LogP contribution in [0.25, 0.3) is 11.3 Å². The van der Waals surface area contributed by atoms with E-state index in [0.717, 1.165) is 11.1 Å². The van der Waals surface area contributed by atoms with Gasteiger partial charge in [-0.25, -0.2) is 19.2 Å². The summed E-state index contributed by atoms with van der Waals surface area (Å²) < 4.78 is 14.8. The summed E-state index contributed by atoms with van der Waals surface area (Å²) in [6.07, 6.45) is 1.71. The first-order valence-electron chi connectivity index (χ1n) is 15.0. The third kappa shape index (κ3) is 6.03. The number of carboxylic acid groups (broad SMARTS) is 1. The number of para-hydroxylation sites is 1. The number of aliphatic imine (C=N–C) groups is 1. The van der Waals surface area contributed by atoms with Gasteiger partial charge < -0.3 is 20.2 Å². The quantitative estimate of drug-likeness (QED) is 0.211. The molecule has 3 heterocycles. The Morgan fingerprint density at radius 2 is 1.60 bits per heavy atom. The van der Waals surface area contributed by atoms with Crippen molar-refractivity contribution in [1.29, 1.82) is 0 Å². The summed E-state index contributed by atoms with van der Waals surface area (Å²) in [5.74, 6) is -1.08. The maximum Gasteiger partial charge on any atom is 0.337 e. The van der Waals surface area contributed by atoms with E-state index < -0.39 is 5.97 Å². The summed E-state index contributed by atoms with van der Waals surface area (Å²) in [7, 11) is 0. The molecule has 47 heavy (non-hydrogen) atoms. The van der Waals surface area contributed by atoms with Crippen molar-refractivity contribution in [2.24, 2.45) is 4.99 Å². The molecule has 234 valence electrons. The summed E-state index contributed by atoms with van der Waals surface area (Å²) in [4.78, 5) is 42.8. The lowest BCUT2D eigenvalue weighted by atomic mass is 9.95. The lowest BCUT2D eigenvalue weighted by Crippen LogP contribution is -2.49. The molecule has 0 saturated carbocycles. The van der Waals surface area contributed by atoms with Gasteiger partial charge in [-0.15, -0.1) is 0 Å². The molecular weight excluding hydrogens is 619 g/mol. The number of nitrogens with one attached hydrogen (secondary N) is 1. The molecule has 1 fully saturated rings. The second-order valence-corrected chi connectivity index (χ2v) is 11.6. The highest BCUT2D eigenvalue weighted by Gasteiger charge is 2.26. The third-order valence-corrected chi connectivity index (χ3v) is 8.56. The number of hydrogen-bond donors (Lipinski definition) is 2. The Balaban J connectivity index is 1.06. The standard InChI is InChI=1S/C36H28ClFN6O3/c37-24-11-14-26-29(19-24)33(27-5-1-3-7-30(27)38)39-20-23-21-40-36(42-32(23)26)41-25-12-9-22(10-13-25)34(45)44-17-15-43(16-18-44)31-8-4-2-6-28(31)35(46)47/h1-14,19,21H,15-18,20H2,(H,46,47)(H,40,41,42). The molecule has 0 atom stereocenters. The van der Waals surface area contributed by atoms with Gasteiger partial charge in [0.05, 0.1) is 29.2 Å². The molecule has 0 aliphatic carbocycles. The Morgan fingerprint density at radius 1 is 0.851 bits per heavy atom. The van der Waals surface area contributed by atoms with Crippen LogP contribution >= 0.6 is 11.6 Å². The Hall–Kier alpha value is -5.61. The molecule has 9 nitrogen and oxygen atoms in total. The number of aromatic nitrogens is 2. The van der Waals surface area contributed by atoms with Crippen molar-refractivity contribution in [1.82, 2.24) is 14.9 Å². The minimum Gasteiger partial charge on any atom is -0.478 e. The fourth-order valence-electron chi connectivity index (χ4n) is 5.96. The normalized spacial score (nSPS) is 14.0. The average molecular weight is 647 g/mol. The average Bonchev–Trinajstić information content (AvgIpc) is 3.25. The summed E-state index contributed by atoms with van der Waals surface area (Å²) >= 11 is 6.38. The van der Waals surface area contributed by atoms with Crippen LogP contribution in [0.3, 0.4) is 0 Å². The first kappa shape index (κ1) is 30.1. The predicted octanol–water partition coefficient (Wildman–Crippen LogP) is 6.69. The van der Waals surface area contributed by atoms with Gasteiger partial charge in [0, 0.05) is 70.9 Å². The minimum atomic E-state index is -0.971. The van der Waals surface area contributed by atoms with Crippen LogP contribution in [0, 0.1) is 5.82 Å². The van der Waals surface area contributed by atoms with Gasteiger partial charge in [-0.2, -0.15) is 0 Å². The summed E-state index contributed by atoms with van der Waals surface area (Å²) in [6.45, 7) is 2.29. The number of carbonyl (C=O) groups excluding carboxylic acids is 1. The maximum absolute atomic E-state index is 14.8. The number of anilines is 3. The van der Waals surface area contributed by atoms with Crippen LogP contribution in [0.4, 0.5) is 21.7 Å². The molecule has 2 aliphatic heterocycles. The fourth-order valence-corrected chi connectivity index (χ4v) is 6.13. The van der Waals surface area contributed by atoms with Crippen LogP contribution in [0.1, 0.15) is 37.4 Å². The number of aromatic carboxylic acids is 1. The number of hydrogen-bond acceptors (Lipinski definition) is 7. The number of halogens is 2. The van der Waals surface area contributed by atoms with Crippen LogP contribution < -0.4 is 10.2 Å². The Kier molecular flexibility index (Phi) is 8.09. The van der Waals surface area contributed by atoms with E-state index in [4.69, 9.17) is 21.6 Å². The van der Waals surface area contributed by atoms with Crippen LogP contribution in [0.5, 0.6) is 0 Å². The van der Waals surface area contributed by atoms with Crippen LogP contribution in [-0.2, 0) is 6.54 Å². The van der Waals surface area contributed by atoms with Gasteiger partial charge in [0.2, 0.25) is 5.95 Å². The highest BCUT2D eigenvalue weighted by molar-refractivity contribution is 6.31. The second kappa shape index (κ2) is 12.6. The van der Waals surface area contributed by atoms with Crippen molar-refractivity contribution in [3.63, 3.8) is 0 Å². The van der Waals surface area contributed by atoms with Gasteiger partial charge in [-0.1, -0.05) is 41.9 Å². The zero-order chi connectivity index (χ0) is 32.5. The van der Waals surface area contributed by atoms with Crippen LogP contribution in [0.2, 0.25) is 5.02 Å². The van der Waals surface area contributed by atoms with E-state index in [-0.39, 0.29) is 23.8 Å². The molecule has 0 radical (unpaired) electrons. The van der Waals surface area contributed by atoms with Gasteiger partial charge in [0.1, 0.15) is 5.82 Å². The summed E-state index contributed by atoms with van der Waals surface area (Å²) in [5.41, 5.74) is 5.94. The monoisotopic (exact) mass is 646 g/mol. The molecular formula is C36H28ClFN6O3. The molecule has 5 aromatic rings. The number of fused-ring (bicyclic) bond motifs is 3. The van der Waals surface area contributed by atoms with E-state index in [1.807, 2.05) is 17.0 Å². The zero-order valence-corrected chi connectivity index (χ0v) is 25.8. The zero-order valence-electron chi connectivity index (χ0n) is 25.0. The smallest absolute Gasteiger partial charge is 0.337 e. The molecule has 4 aromatic carbocycles. The summed E-state index contributed by atoms with van der Waals surface area (Å²) in [5, 5.41) is 13.3. The molecule has 0 bridgehead atoms. The van der Waals surface area contributed by atoms with E-state index >= 15 is 0 Å². The van der Waals surface area contributed by atoms with Crippen molar-refractivity contribution in [3.8, 4) is 11.3 Å². The van der Waals surface area contributed by atoms with Crippen LogP contribution in [0.15, 0.2) is 102 Å². The van der Waals surface area contributed by atoms with Crippen LogP contribution in [-0.4, -0.2) is 63.7 Å². The Labute approximate surface area is 275 Å². The van der Waals surface area contributed by atoms with Crippen molar-refractivity contribution in [3.05, 3.63) is 136 Å². The molecule has 1 amide bonds. The van der Waals surface area contributed by atoms with E-state index in [0.29, 0.717) is 76.6 Å². The molecule has 0 unspecified atom stereocenters. The van der Waals surface area contributed by atoms with E-state index in [9.17, 15) is 19.1 Å². The number of amides is 1. The largest absolute Gasteiger partial charge is 0.478 e. The van der Waals surface area contributed by atoms with Crippen molar-refractivity contribution in [2.45, 2.75) is 6.54 Å². The number of carboxylic acids is 1. The second-order valence-electron chi connectivity index (χ2n) is 11.2. The minimum absolute atomic E-state index is 0.0927. The number of benzene rings is 4.